The van der Waals surface area contributed by atoms with Gasteiger partial charge in [-0.25, -0.2) is 9.48 Å². The van der Waals surface area contributed by atoms with E-state index in [9.17, 15) is 14.7 Å². The number of aryl methyl sites for hydroxylation is 1. The zero-order valence-electron chi connectivity index (χ0n) is 11.4. The predicted molar refractivity (Wildman–Crippen MR) is 74.9 cm³/mol. The number of rotatable bonds is 4. The van der Waals surface area contributed by atoms with Crippen LogP contribution in [0.25, 0.3) is 0 Å². The first-order chi connectivity index (χ1) is 10.1. The highest BCUT2D eigenvalue weighted by atomic mass is 16.5. The normalized spacial score (nSPS) is 14.0. The largest absolute Gasteiger partial charge is 0.477 e. The summed E-state index contributed by atoms with van der Waals surface area (Å²) >= 11 is 0. The first-order valence-electron chi connectivity index (χ1n) is 6.63. The number of hydrogen-bond acceptors (Lipinski definition) is 4. The van der Waals surface area contributed by atoms with Crippen LogP contribution in [0.5, 0.6) is 11.5 Å². The SMILES string of the molecule is Cn1ncc(Oc2cccc(C3CC3)c2)c(C(=O)O)c1=O. The molecule has 108 valence electrons. The molecule has 1 saturated carbocycles. The third-order valence-electron chi connectivity index (χ3n) is 3.45. The highest BCUT2D eigenvalue weighted by molar-refractivity contribution is 5.90. The Balaban J connectivity index is 1.98. The maximum Gasteiger partial charge on any atom is 0.345 e. The van der Waals surface area contributed by atoms with Crippen LogP contribution >= 0.6 is 0 Å². The van der Waals surface area contributed by atoms with Crippen LogP contribution in [-0.4, -0.2) is 20.9 Å². The van der Waals surface area contributed by atoms with Gasteiger partial charge in [0.1, 0.15) is 5.75 Å². The van der Waals surface area contributed by atoms with Gasteiger partial charge in [0.15, 0.2) is 11.3 Å². The van der Waals surface area contributed by atoms with E-state index in [0.717, 1.165) is 17.5 Å². The number of carboxylic acid groups (broad SMARTS) is 1. The fraction of sp³-hybridized carbons (Fsp3) is 0.267. The molecule has 1 N–H and O–H groups in total. The Bertz CT molecular complexity index is 763. The molecule has 3 rings (SSSR count). The fourth-order valence-electron chi connectivity index (χ4n) is 2.17. The number of carbonyl (C=O) groups is 1. The summed E-state index contributed by atoms with van der Waals surface area (Å²) in [5.74, 6) is -0.295. The molecule has 0 atom stereocenters. The summed E-state index contributed by atoms with van der Waals surface area (Å²) in [7, 11) is 1.40. The molecule has 1 aliphatic carbocycles. The van der Waals surface area contributed by atoms with Crippen molar-refractivity contribution in [2.75, 3.05) is 0 Å². The van der Waals surface area contributed by atoms with E-state index in [-0.39, 0.29) is 5.75 Å². The molecule has 0 saturated heterocycles. The van der Waals surface area contributed by atoms with Gasteiger partial charge in [0.05, 0.1) is 6.20 Å². The van der Waals surface area contributed by atoms with Crippen LogP contribution in [0, 0.1) is 0 Å². The zero-order chi connectivity index (χ0) is 15.0. The Kier molecular flexibility index (Phi) is 3.21. The summed E-state index contributed by atoms with van der Waals surface area (Å²) in [6.07, 6.45) is 3.57. The maximum absolute atomic E-state index is 11.8. The van der Waals surface area contributed by atoms with Crippen molar-refractivity contribution in [3.05, 3.63) is 51.9 Å². The summed E-state index contributed by atoms with van der Waals surface area (Å²) in [4.78, 5) is 23.1. The van der Waals surface area contributed by atoms with Gasteiger partial charge in [-0.3, -0.25) is 4.79 Å². The minimum absolute atomic E-state index is 0.0430. The third kappa shape index (κ3) is 2.65. The first-order valence-corrected chi connectivity index (χ1v) is 6.63. The van der Waals surface area contributed by atoms with Gasteiger partial charge < -0.3 is 9.84 Å². The molecular formula is C15H14N2O4. The van der Waals surface area contributed by atoms with Crippen LogP contribution in [0.15, 0.2) is 35.3 Å². The highest BCUT2D eigenvalue weighted by Crippen LogP contribution is 2.41. The summed E-state index contributed by atoms with van der Waals surface area (Å²) in [6, 6.07) is 7.48. The molecule has 0 unspecified atom stereocenters. The summed E-state index contributed by atoms with van der Waals surface area (Å²) < 4.78 is 6.54. The number of benzene rings is 1. The lowest BCUT2D eigenvalue weighted by Gasteiger charge is -2.09. The van der Waals surface area contributed by atoms with E-state index in [1.807, 2.05) is 18.2 Å². The van der Waals surface area contributed by atoms with E-state index in [1.165, 1.54) is 18.8 Å². The standard InChI is InChI=1S/C15H14N2O4/c1-17-14(18)13(15(19)20)12(8-16-17)21-11-4-2-3-10(7-11)9-5-6-9/h2-4,7-9H,5-6H2,1H3,(H,19,20). The molecular weight excluding hydrogens is 272 g/mol. The molecule has 1 aliphatic rings. The third-order valence-corrected chi connectivity index (χ3v) is 3.45. The van der Waals surface area contributed by atoms with Crippen LogP contribution in [0.2, 0.25) is 0 Å². The molecule has 0 amide bonds. The van der Waals surface area contributed by atoms with Crippen molar-refractivity contribution >= 4 is 5.97 Å². The van der Waals surface area contributed by atoms with Crippen molar-refractivity contribution in [3.8, 4) is 11.5 Å². The number of carboxylic acids is 1. The number of ether oxygens (including phenoxy) is 1. The van der Waals surface area contributed by atoms with E-state index in [1.54, 1.807) is 6.07 Å². The van der Waals surface area contributed by atoms with Crippen molar-refractivity contribution in [3.63, 3.8) is 0 Å². The van der Waals surface area contributed by atoms with Crippen LogP contribution < -0.4 is 10.3 Å². The lowest BCUT2D eigenvalue weighted by Crippen LogP contribution is -2.26. The molecule has 6 heteroatoms. The van der Waals surface area contributed by atoms with E-state index in [4.69, 9.17) is 4.74 Å². The summed E-state index contributed by atoms with van der Waals surface area (Å²) in [6.45, 7) is 0. The van der Waals surface area contributed by atoms with Gasteiger partial charge >= 0.3 is 5.97 Å². The number of hydrogen-bond donors (Lipinski definition) is 1. The lowest BCUT2D eigenvalue weighted by molar-refractivity contribution is 0.0691. The topological polar surface area (TPSA) is 81.4 Å². The van der Waals surface area contributed by atoms with Gasteiger partial charge in [0.2, 0.25) is 0 Å². The van der Waals surface area contributed by atoms with Gasteiger partial charge in [-0.05, 0) is 36.5 Å². The molecule has 1 aromatic heterocycles. The first kappa shape index (κ1) is 13.4. The van der Waals surface area contributed by atoms with E-state index in [0.29, 0.717) is 11.7 Å². The zero-order valence-corrected chi connectivity index (χ0v) is 11.4. The van der Waals surface area contributed by atoms with Gasteiger partial charge in [-0.1, -0.05) is 12.1 Å². The quantitative estimate of drug-likeness (QED) is 0.931. The van der Waals surface area contributed by atoms with Gasteiger partial charge in [0, 0.05) is 7.05 Å². The second kappa shape index (κ2) is 5.05. The Morgan fingerprint density at radius 3 is 2.86 bits per heavy atom. The molecule has 21 heavy (non-hydrogen) atoms. The second-order valence-electron chi connectivity index (χ2n) is 5.07. The summed E-state index contributed by atoms with van der Waals surface area (Å²) in [5.41, 5.74) is 0.0591. The number of aromatic carboxylic acids is 1. The Morgan fingerprint density at radius 2 is 2.19 bits per heavy atom. The number of aromatic nitrogens is 2. The lowest BCUT2D eigenvalue weighted by atomic mass is 10.1. The minimum atomic E-state index is -1.33. The summed E-state index contributed by atoms with van der Waals surface area (Å²) in [5, 5.41) is 13.0. The van der Waals surface area contributed by atoms with Crippen molar-refractivity contribution in [2.24, 2.45) is 7.05 Å². The molecule has 6 nitrogen and oxygen atoms in total. The van der Waals surface area contributed by atoms with Crippen molar-refractivity contribution in [1.29, 1.82) is 0 Å². The van der Waals surface area contributed by atoms with Gasteiger partial charge in [0.25, 0.3) is 5.56 Å². The van der Waals surface area contributed by atoms with E-state index >= 15 is 0 Å². The molecule has 0 aliphatic heterocycles. The molecule has 2 aromatic rings. The predicted octanol–water partition coefficient (Wildman–Crippen LogP) is 2.15. The molecule has 1 aromatic carbocycles. The molecule has 0 radical (unpaired) electrons. The van der Waals surface area contributed by atoms with Gasteiger partial charge in [-0.2, -0.15) is 5.10 Å². The molecule has 0 bridgehead atoms. The smallest absolute Gasteiger partial charge is 0.345 e. The van der Waals surface area contributed by atoms with Crippen molar-refractivity contribution in [2.45, 2.75) is 18.8 Å². The number of nitrogens with zero attached hydrogens (tertiary/aromatic N) is 2. The monoisotopic (exact) mass is 286 g/mol. The van der Waals surface area contributed by atoms with E-state index in [2.05, 4.69) is 5.10 Å². The average Bonchev–Trinajstić information content (AvgIpc) is 3.27. The van der Waals surface area contributed by atoms with Crippen LogP contribution in [0.4, 0.5) is 0 Å². The molecule has 1 fully saturated rings. The minimum Gasteiger partial charge on any atom is -0.477 e. The maximum atomic E-state index is 11.8. The van der Waals surface area contributed by atoms with Crippen molar-refractivity contribution in [1.82, 2.24) is 9.78 Å². The van der Waals surface area contributed by atoms with E-state index < -0.39 is 17.1 Å². The Hall–Kier alpha value is -2.63. The molecule has 0 spiro atoms. The Morgan fingerprint density at radius 1 is 1.43 bits per heavy atom. The van der Waals surface area contributed by atoms with Crippen LogP contribution in [-0.2, 0) is 7.05 Å². The second-order valence-corrected chi connectivity index (χ2v) is 5.07. The fourth-order valence-corrected chi connectivity index (χ4v) is 2.17. The molecule has 1 heterocycles. The Labute approximate surface area is 120 Å². The highest BCUT2D eigenvalue weighted by Gasteiger charge is 2.24. The average molecular weight is 286 g/mol. The van der Waals surface area contributed by atoms with Gasteiger partial charge in [-0.15, -0.1) is 0 Å². The van der Waals surface area contributed by atoms with Crippen molar-refractivity contribution < 1.29 is 14.6 Å². The van der Waals surface area contributed by atoms with Crippen LogP contribution in [0.1, 0.15) is 34.7 Å². The van der Waals surface area contributed by atoms with Crippen LogP contribution in [0.3, 0.4) is 0 Å².